The first-order valence-electron chi connectivity index (χ1n) is 8.73. The number of primary amides is 1. The van der Waals surface area contributed by atoms with Crippen LogP contribution in [-0.4, -0.2) is 37.6 Å². The second kappa shape index (κ2) is 10.3. The van der Waals surface area contributed by atoms with Crippen LogP contribution in [0.3, 0.4) is 0 Å². The van der Waals surface area contributed by atoms with E-state index in [-0.39, 0.29) is 5.56 Å². The standard InChI is InChI=1S/C20H22N2O6S/c1-4-27-16-11-13(5-7-15(16)26-3)6-8-17(23)28-12(2)19(25)22-20-14(18(21)24)9-10-29-20/h5-12H,4H2,1-3H3,(H2,21,24)(H,22,25)/b8-6+/t12-/m1/s1. The van der Waals surface area contributed by atoms with Crippen molar-refractivity contribution < 1.29 is 28.6 Å². The Morgan fingerprint density at radius 3 is 2.66 bits per heavy atom. The van der Waals surface area contributed by atoms with Crippen molar-refractivity contribution in [1.29, 1.82) is 0 Å². The summed E-state index contributed by atoms with van der Waals surface area (Å²) in [6, 6.07) is 6.71. The van der Waals surface area contributed by atoms with E-state index in [1.165, 1.54) is 19.1 Å². The number of nitrogens with one attached hydrogen (secondary N) is 1. The molecule has 0 aliphatic heterocycles. The van der Waals surface area contributed by atoms with Crippen molar-refractivity contribution >= 4 is 40.2 Å². The number of hydrogen-bond donors (Lipinski definition) is 2. The largest absolute Gasteiger partial charge is 0.493 e. The second-order valence-electron chi connectivity index (χ2n) is 5.77. The lowest BCUT2D eigenvalue weighted by Gasteiger charge is -2.12. The summed E-state index contributed by atoms with van der Waals surface area (Å²) in [6.07, 6.45) is 1.69. The van der Waals surface area contributed by atoms with Crippen LogP contribution in [0.25, 0.3) is 6.08 Å². The predicted octanol–water partition coefficient (Wildman–Crippen LogP) is 2.84. The molecule has 1 aromatic carbocycles. The quantitative estimate of drug-likeness (QED) is 0.478. The molecule has 0 unspecified atom stereocenters. The molecule has 0 spiro atoms. The van der Waals surface area contributed by atoms with Crippen LogP contribution in [0.2, 0.25) is 0 Å². The van der Waals surface area contributed by atoms with Crippen molar-refractivity contribution in [2.75, 3.05) is 19.0 Å². The molecular formula is C20H22N2O6S. The Hall–Kier alpha value is -3.33. The van der Waals surface area contributed by atoms with Crippen LogP contribution in [0.1, 0.15) is 29.8 Å². The van der Waals surface area contributed by atoms with E-state index in [0.29, 0.717) is 28.7 Å². The topological polar surface area (TPSA) is 117 Å². The smallest absolute Gasteiger partial charge is 0.331 e. The number of ether oxygens (including phenoxy) is 3. The van der Waals surface area contributed by atoms with Gasteiger partial charge in [0.05, 0.1) is 19.3 Å². The summed E-state index contributed by atoms with van der Waals surface area (Å²) >= 11 is 1.15. The number of carbonyl (C=O) groups excluding carboxylic acids is 3. The van der Waals surface area contributed by atoms with Crippen molar-refractivity contribution in [2.24, 2.45) is 5.73 Å². The lowest BCUT2D eigenvalue weighted by Crippen LogP contribution is -2.29. The number of methoxy groups -OCH3 is 1. The van der Waals surface area contributed by atoms with E-state index in [1.54, 1.807) is 36.8 Å². The van der Waals surface area contributed by atoms with Gasteiger partial charge in [0.25, 0.3) is 11.8 Å². The molecule has 2 amide bonds. The van der Waals surface area contributed by atoms with Gasteiger partial charge in [0, 0.05) is 6.08 Å². The molecule has 0 fully saturated rings. The highest BCUT2D eigenvalue weighted by Crippen LogP contribution is 2.28. The number of amides is 2. The fraction of sp³-hybridized carbons (Fsp3) is 0.250. The van der Waals surface area contributed by atoms with Crippen molar-refractivity contribution in [1.82, 2.24) is 0 Å². The number of hydrogen-bond acceptors (Lipinski definition) is 7. The van der Waals surface area contributed by atoms with Crippen molar-refractivity contribution in [3.05, 3.63) is 46.8 Å². The number of esters is 1. The van der Waals surface area contributed by atoms with Crippen molar-refractivity contribution in [3.63, 3.8) is 0 Å². The molecule has 29 heavy (non-hydrogen) atoms. The minimum absolute atomic E-state index is 0.200. The van der Waals surface area contributed by atoms with Crippen LogP contribution in [0.4, 0.5) is 5.00 Å². The summed E-state index contributed by atoms with van der Waals surface area (Å²) in [5.41, 5.74) is 6.14. The maximum absolute atomic E-state index is 12.2. The molecule has 0 aliphatic carbocycles. The van der Waals surface area contributed by atoms with Gasteiger partial charge < -0.3 is 25.3 Å². The van der Waals surface area contributed by atoms with Gasteiger partial charge in [-0.25, -0.2) is 4.79 Å². The van der Waals surface area contributed by atoms with Crippen molar-refractivity contribution in [3.8, 4) is 11.5 Å². The SMILES string of the molecule is CCOc1cc(/C=C/C(=O)O[C@H](C)C(=O)Nc2sccc2C(N)=O)ccc1OC. The number of anilines is 1. The molecule has 0 bridgehead atoms. The first-order valence-corrected chi connectivity index (χ1v) is 9.61. The summed E-state index contributed by atoms with van der Waals surface area (Å²) in [6.45, 7) is 3.76. The summed E-state index contributed by atoms with van der Waals surface area (Å²) in [4.78, 5) is 35.5. The molecule has 1 heterocycles. The molecule has 9 heteroatoms. The van der Waals surface area contributed by atoms with Gasteiger partial charge in [0.15, 0.2) is 17.6 Å². The van der Waals surface area contributed by atoms with E-state index in [2.05, 4.69) is 5.32 Å². The molecule has 0 radical (unpaired) electrons. The van der Waals surface area contributed by atoms with Gasteiger partial charge in [-0.2, -0.15) is 0 Å². The predicted molar refractivity (Wildman–Crippen MR) is 110 cm³/mol. The molecule has 1 aromatic heterocycles. The highest BCUT2D eigenvalue weighted by atomic mass is 32.1. The highest BCUT2D eigenvalue weighted by Gasteiger charge is 2.19. The van der Waals surface area contributed by atoms with Gasteiger partial charge in [-0.3, -0.25) is 9.59 Å². The number of carbonyl (C=O) groups is 3. The third-order valence-electron chi connectivity index (χ3n) is 3.73. The molecule has 0 aliphatic rings. The summed E-state index contributed by atoms with van der Waals surface area (Å²) < 4.78 is 15.8. The summed E-state index contributed by atoms with van der Waals surface area (Å²) in [5.74, 6) is -0.775. The van der Waals surface area contributed by atoms with Gasteiger partial charge in [0.2, 0.25) is 0 Å². The zero-order chi connectivity index (χ0) is 21.4. The fourth-order valence-electron chi connectivity index (χ4n) is 2.31. The molecular weight excluding hydrogens is 396 g/mol. The number of thiophene rings is 1. The Bertz CT molecular complexity index is 921. The Morgan fingerprint density at radius 2 is 2.00 bits per heavy atom. The highest BCUT2D eigenvalue weighted by molar-refractivity contribution is 7.14. The minimum Gasteiger partial charge on any atom is -0.493 e. The van der Waals surface area contributed by atoms with Crippen molar-refractivity contribution in [2.45, 2.75) is 20.0 Å². The van der Waals surface area contributed by atoms with Crippen LogP contribution in [0.5, 0.6) is 11.5 Å². The maximum Gasteiger partial charge on any atom is 0.331 e. The Labute approximate surface area is 172 Å². The Balaban J connectivity index is 1.97. The third-order valence-corrected chi connectivity index (χ3v) is 4.56. The van der Waals surface area contributed by atoms with E-state index in [1.807, 2.05) is 6.92 Å². The van der Waals surface area contributed by atoms with E-state index in [9.17, 15) is 14.4 Å². The lowest BCUT2D eigenvalue weighted by molar-refractivity contribution is -0.148. The van der Waals surface area contributed by atoms with Gasteiger partial charge in [-0.05, 0) is 49.1 Å². The van der Waals surface area contributed by atoms with Crippen LogP contribution in [-0.2, 0) is 14.3 Å². The second-order valence-corrected chi connectivity index (χ2v) is 6.69. The van der Waals surface area contributed by atoms with Gasteiger partial charge in [-0.1, -0.05) is 6.07 Å². The number of nitrogens with two attached hydrogens (primary N) is 1. The van der Waals surface area contributed by atoms with E-state index in [0.717, 1.165) is 11.3 Å². The Kier molecular flexibility index (Phi) is 7.79. The summed E-state index contributed by atoms with van der Waals surface area (Å²) in [7, 11) is 1.54. The van der Waals surface area contributed by atoms with Gasteiger partial charge in [0.1, 0.15) is 5.00 Å². The van der Waals surface area contributed by atoms with Crippen LogP contribution in [0.15, 0.2) is 35.7 Å². The Morgan fingerprint density at radius 1 is 1.24 bits per heavy atom. The average molecular weight is 418 g/mol. The zero-order valence-electron chi connectivity index (χ0n) is 16.3. The molecule has 2 aromatic rings. The fourth-order valence-corrected chi connectivity index (χ4v) is 3.11. The van der Waals surface area contributed by atoms with Gasteiger partial charge in [-0.15, -0.1) is 11.3 Å². The maximum atomic E-state index is 12.2. The van der Waals surface area contributed by atoms with E-state index in [4.69, 9.17) is 19.9 Å². The molecule has 0 saturated heterocycles. The number of benzene rings is 1. The average Bonchev–Trinajstić information content (AvgIpc) is 3.15. The van der Waals surface area contributed by atoms with Gasteiger partial charge >= 0.3 is 5.97 Å². The molecule has 2 rings (SSSR count). The van der Waals surface area contributed by atoms with Crippen LogP contribution in [0, 0.1) is 0 Å². The monoisotopic (exact) mass is 418 g/mol. The van der Waals surface area contributed by atoms with E-state index < -0.39 is 23.9 Å². The summed E-state index contributed by atoms with van der Waals surface area (Å²) in [5, 5.41) is 4.47. The number of rotatable bonds is 9. The van der Waals surface area contributed by atoms with Crippen LogP contribution < -0.4 is 20.5 Å². The zero-order valence-corrected chi connectivity index (χ0v) is 17.1. The van der Waals surface area contributed by atoms with Crippen LogP contribution >= 0.6 is 11.3 Å². The first-order chi connectivity index (χ1) is 13.8. The third kappa shape index (κ3) is 6.08. The normalized spacial score (nSPS) is 11.7. The van der Waals surface area contributed by atoms with E-state index >= 15 is 0 Å². The first kappa shape index (κ1) is 22.0. The molecule has 154 valence electrons. The lowest BCUT2D eigenvalue weighted by atomic mass is 10.2. The molecule has 1 atom stereocenters. The minimum atomic E-state index is -1.06. The molecule has 0 saturated carbocycles. The molecule has 3 N–H and O–H groups in total. The molecule has 8 nitrogen and oxygen atoms in total.